The molecule has 1 fully saturated rings. The number of carboxylic acids is 1. The van der Waals surface area contributed by atoms with Gasteiger partial charge in [-0.05, 0) is 17.7 Å². The van der Waals surface area contributed by atoms with Gasteiger partial charge in [0.1, 0.15) is 29.8 Å². The molecule has 2 aliphatic heterocycles. The summed E-state index contributed by atoms with van der Waals surface area (Å²) >= 11 is 13.4. The summed E-state index contributed by atoms with van der Waals surface area (Å²) in [6, 6.07) is 10.9. The number of benzene rings is 2. The lowest BCUT2D eigenvalue weighted by molar-refractivity contribution is -0.151. The molecule has 3 atom stereocenters. The molecule has 4 rings (SSSR count). The van der Waals surface area contributed by atoms with Crippen LogP contribution in [0, 0.1) is 0 Å². The van der Waals surface area contributed by atoms with Gasteiger partial charge in [0.05, 0.1) is 10.0 Å². The van der Waals surface area contributed by atoms with Gasteiger partial charge in [-0.25, -0.2) is 4.79 Å². The summed E-state index contributed by atoms with van der Waals surface area (Å²) in [7, 11) is 0. The Morgan fingerprint density at radius 3 is 2.40 bits per heavy atom. The third-order valence-electron chi connectivity index (χ3n) is 5.96. The zero-order valence-corrected chi connectivity index (χ0v) is 23.2. The SMILES string of the molecule is CC(=O)OCC1=C(C(=O)O)N2C(=O)[C@@H](NC(=O)[C@@H](NC(=O)COc3c(Cl)cccc3Cl)c3ccccc3)[C@H]2SC1. The van der Waals surface area contributed by atoms with Crippen molar-refractivity contribution in [1.29, 1.82) is 0 Å². The van der Waals surface area contributed by atoms with Gasteiger partial charge in [-0.1, -0.05) is 59.6 Å². The number of carboxylic acid groups (broad SMARTS) is 1. The number of esters is 1. The summed E-state index contributed by atoms with van der Waals surface area (Å²) in [5.41, 5.74) is 0.442. The van der Waals surface area contributed by atoms with Gasteiger partial charge < -0.3 is 25.2 Å². The Hall–Kier alpha value is -3.74. The summed E-state index contributed by atoms with van der Waals surface area (Å²) in [5, 5.41) is 14.7. The molecule has 11 nitrogen and oxygen atoms in total. The third-order valence-corrected chi connectivity index (χ3v) is 7.90. The minimum atomic E-state index is -1.35. The number of aliphatic carboxylic acids is 1. The smallest absolute Gasteiger partial charge is 0.352 e. The van der Waals surface area contributed by atoms with E-state index in [9.17, 15) is 29.1 Å². The molecule has 14 heteroatoms. The van der Waals surface area contributed by atoms with E-state index in [1.165, 1.54) is 18.7 Å². The predicted octanol–water partition coefficient (Wildman–Crippen LogP) is 2.53. The second kappa shape index (κ2) is 12.6. The standard InChI is InChI=1S/C26H23Cl2N3O8S/c1-13(32)38-10-15-12-40-25-20(24(35)31(25)21(15)26(36)37)30-23(34)19(14-6-3-2-4-7-14)29-18(33)11-39-22-16(27)8-5-9-17(22)28/h2-9,19-20,25H,10-12H2,1H3,(H,29,33)(H,30,34)(H,36,37)/t19-,20+,25+/m0/s1. The molecular formula is C26H23Cl2N3O8S. The molecule has 2 aromatic carbocycles. The number of halogens is 2. The van der Waals surface area contributed by atoms with Crippen molar-refractivity contribution in [2.75, 3.05) is 19.0 Å². The Kier molecular flexibility index (Phi) is 9.23. The van der Waals surface area contributed by atoms with Crippen molar-refractivity contribution in [2.24, 2.45) is 0 Å². The van der Waals surface area contributed by atoms with E-state index in [1.807, 2.05) is 0 Å². The van der Waals surface area contributed by atoms with Crippen molar-refractivity contribution in [3.05, 3.63) is 75.4 Å². The Labute approximate surface area is 242 Å². The first-order valence-corrected chi connectivity index (χ1v) is 13.6. The zero-order valence-electron chi connectivity index (χ0n) is 20.9. The number of nitrogens with one attached hydrogen (secondary N) is 2. The molecule has 0 spiro atoms. The second-order valence-corrected chi connectivity index (χ2v) is 10.6. The maximum absolute atomic E-state index is 13.4. The van der Waals surface area contributed by atoms with Crippen LogP contribution >= 0.6 is 35.0 Å². The first-order chi connectivity index (χ1) is 19.1. The van der Waals surface area contributed by atoms with E-state index < -0.39 is 53.7 Å². The van der Waals surface area contributed by atoms with Gasteiger partial charge >= 0.3 is 11.9 Å². The first-order valence-electron chi connectivity index (χ1n) is 11.8. The van der Waals surface area contributed by atoms with E-state index in [2.05, 4.69) is 10.6 Å². The lowest BCUT2D eigenvalue weighted by atomic mass is 10.0. The van der Waals surface area contributed by atoms with E-state index in [1.54, 1.807) is 48.5 Å². The number of carbonyl (C=O) groups is 5. The lowest BCUT2D eigenvalue weighted by Gasteiger charge is -2.49. The van der Waals surface area contributed by atoms with Crippen LogP contribution in [0.4, 0.5) is 0 Å². The molecule has 3 N–H and O–H groups in total. The molecule has 210 valence electrons. The maximum atomic E-state index is 13.4. The lowest BCUT2D eigenvalue weighted by Crippen LogP contribution is -2.71. The van der Waals surface area contributed by atoms with Crippen LogP contribution in [0.25, 0.3) is 0 Å². The number of hydrogen-bond acceptors (Lipinski definition) is 8. The molecule has 2 heterocycles. The summed E-state index contributed by atoms with van der Waals surface area (Å²) < 4.78 is 10.4. The average molecular weight is 608 g/mol. The van der Waals surface area contributed by atoms with Gasteiger partial charge in [0.2, 0.25) is 5.91 Å². The quantitative estimate of drug-likeness (QED) is 0.273. The number of fused-ring (bicyclic) bond motifs is 1. The molecular weight excluding hydrogens is 585 g/mol. The minimum absolute atomic E-state index is 0.117. The number of β-lactam (4-membered cyclic amide) rings is 1. The molecule has 0 radical (unpaired) electrons. The van der Waals surface area contributed by atoms with Gasteiger partial charge in [-0.3, -0.25) is 24.1 Å². The largest absolute Gasteiger partial charge is 0.481 e. The van der Waals surface area contributed by atoms with Crippen molar-refractivity contribution < 1.29 is 38.6 Å². The third kappa shape index (κ3) is 6.35. The molecule has 0 aliphatic carbocycles. The highest BCUT2D eigenvalue weighted by Gasteiger charge is 2.54. The molecule has 0 bridgehead atoms. The highest BCUT2D eigenvalue weighted by Crippen LogP contribution is 2.40. The summed E-state index contributed by atoms with van der Waals surface area (Å²) in [5.74, 6) is -3.61. The number of rotatable bonds is 10. The van der Waals surface area contributed by atoms with Crippen LogP contribution in [0.5, 0.6) is 5.75 Å². The number of ether oxygens (including phenoxy) is 2. The molecule has 0 saturated carbocycles. The van der Waals surface area contributed by atoms with Crippen molar-refractivity contribution in [2.45, 2.75) is 24.4 Å². The summed E-state index contributed by atoms with van der Waals surface area (Å²) in [6.45, 7) is 0.438. The van der Waals surface area contributed by atoms with Crippen molar-refractivity contribution in [3.8, 4) is 5.75 Å². The van der Waals surface area contributed by atoms with Gasteiger partial charge in [0.25, 0.3) is 11.8 Å². The van der Waals surface area contributed by atoms with Crippen LogP contribution in [0.15, 0.2) is 59.8 Å². The van der Waals surface area contributed by atoms with Gasteiger partial charge in [0, 0.05) is 18.2 Å². The number of para-hydroxylation sites is 1. The Morgan fingerprint density at radius 2 is 1.77 bits per heavy atom. The van der Waals surface area contributed by atoms with Crippen molar-refractivity contribution in [3.63, 3.8) is 0 Å². The Bertz CT molecular complexity index is 1370. The van der Waals surface area contributed by atoms with Crippen LogP contribution < -0.4 is 15.4 Å². The number of carbonyl (C=O) groups excluding carboxylic acids is 4. The van der Waals surface area contributed by atoms with Crippen LogP contribution in [0.1, 0.15) is 18.5 Å². The van der Waals surface area contributed by atoms with Gasteiger partial charge in [-0.2, -0.15) is 0 Å². The topological polar surface area (TPSA) is 151 Å². The molecule has 40 heavy (non-hydrogen) atoms. The number of hydrogen-bond donors (Lipinski definition) is 3. The van der Waals surface area contributed by atoms with Crippen molar-refractivity contribution >= 4 is 64.6 Å². The molecule has 2 aliphatic rings. The van der Waals surface area contributed by atoms with Crippen LogP contribution in [-0.4, -0.2) is 70.0 Å². The number of nitrogens with zero attached hydrogens (tertiary/aromatic N) is 1. The van der Waals surface area contributed by atoms with Gasteiger partial charge in [0.15, 0.2) is 12.4 Å². The van der Waals surface area contributed by atoms with Crippen molar-refractivity contribution in [1.82, 2.24) is 15.5 Å². The fourth-order valence-corrected chi connectivity index (χ4v) is 5.96. The van der Waals surface area contributed by atoms with Crippen LogP contribution in [-0.2, 0) is 28.7 Å². The minimum Gasteiger partial charge on any atom is -0.481 e. The maximum Gasteiger partial charge on any atom is 0.352 e. The number of thioether (sulfide) groups is 1. The Balaban J connectivity index is 1.47. The van der Waals surface area contributed by atoms with E-state index in [-0.39, 0.29) is 39.4 Å². The summed E-state index contributed by atoms with van der Waals surface area (Å²) in [6.07, 6.45) is 0. The monoisotopic (exact) mass is 607 g/mol. The molecule has 2 aromatic rings. The Morgan fingerprint density at radius 1 is 1.10 bits per heavy atom. The fraction of sp³-hybridized carbons (Fsp3) is 0.269. The molecule has 0 unspecified atom stereocenters. The van der Waals surface area contributed by atoms with Crippen LogP contribution in [0.2, 0.25) is 10.0 Å². The average Bonchev–Trinajstić information content (AvgIpc) is 2.92. The molecule has 0 aromatic heterocycles. The van der Waals surface area contributed by atoms with Gasteiger partial charge in [-0.15, -0.1) is 11.8 Å². The summed E-state index contributed by atoms with van der Waals surface area (Å²) in [4.78, 5) is 63.3. The van der Waals surface area contributed by atoms with E-state index in [4.69, 9.17) is 32.7 Å². The number of amides is 3. The normalized spacial score (nSPS) is 18.7. The highest BCUT2D eigenvalue weighted by molar-refractivity contribution is 8.00. The predicted molar refractivity (Wildman–Crippen MR) is 146 cm³/mol. The fourth-order valence-electron chi connectivity index (χ4n) is 4.13. The van der Waals surface area contributed by atoms with E-state index in [0.717, 1.165) is 4.90 Å². The van der Waals surface area contributed by atoms with E-state index >= 15 is 0 Å². The first kappa shape index (κ1) is 29.2. The van der Waals surface area contributed by atoms with Crippen LogP contribution in [0.3, 0.4) is 0 Å². The second-order valence-electron chi connectivity index (χ2n) is 8.68. The van der Waals surface area contributed by atoms with E-state index in [0.29, 0.717) is 5.56 Å². The molecule has 1 saturated heterocycles. The highest BCUT2D eigenvalue weighted by atomic mass is 35.5. The zero-order chi connectivity index (χ0) is 29.0. The molecule has 3 amide bonds.